The monoisotopic (exact) mass is 435 g/mol. The molecule has 0 spiro atoms. The van der Waals surface area contributed by atoms with Gasteiger partial charge in [-0.15, -0.1) is 0 Å². The van der Waals surface area contributed by atoms with Crippen molar-refractivity contribution in [1.82, 2.24) is 5.32 Å². The predicted molar refractivity (Wildman–Crippen MR) is 90.3 cm³/mol. The Morgan fingerprint density at radius 1 is 1.14 bits per heavy atom. The van der Waals surface area contributed by atoms with Gasteiger partial charge < -0.3 is 10.1 Å². The lowest BCUT2D eigenvalue weighted by Crippen LogP contribution is -2.05. The molecule has 2 aromatic carbocycles. The van der Waals surface area contributed by atoms with E-state index >= 15 is 0 Å². The van der Waals surface area contributed by atoms with E-state index in [0.717, 1.165) is 26.6 Å². The summed E-state index contributed by atoms with van der Waals surface area (Å²) in [6.45, 7) is 1.08. The van der Waals surface area contributed by atoms with Gasteiger partial charge in [0, 0.05) is 6.54 Å². The van der Waals surface area contributed by atoms with Crippen molar-refractivity contribution in [2.24, 2.45) is 0 Å². The Balaban J connectivity index is 2.14. The van der Waals surface area contributed by atoms with Crippen LogP contribution in [0.15, 0.2) is 39.3 Å². The van der Waals surface area contributed by atoms with Gasteiger partial charge in [0.2, 0.25) is 0 Å². The highest BCUT2D eigenvalue weighted by Gasteiger charge is 2.10. The highest BCUT2D eigenvalue weighted by Crippen LogP contribution is 2.35. The molecule has 0 aliphatic heterocycles. The molecule has 0 aromatic heterocycles. The van der Waals surface area contributed by atoms with E-state index in [4.69, 9.17) is 16.3 Å². The first-order valence-electron chi connectivity index (χ1n) is 6.20. The summed E-state index contributed by atoms with van der Waals surface area (Å²) in [4.78, 5) is 0. The lowest BCUT2D eigenvalue weighted by Gasteiger charge is -2.12. The quantitative estimate of drug-likeness (QED) is 0.685. The molecular weight excluding hydrogens is 424 g/mol. The minimum absolute atomic E-state index is 0.0959. The third-order valence-corrected chi connectivity index (χ3v) is 4.27. The van der Waals surface area contributed by atoms with Gasteiger partial charge in [-0.1, -0.05) is 17.7 Å². The number of benzene rings is 2. The van der Waals surface area contributed by atoms with E-state index in [1.165, 1.54) is 6.07 Å². The molecule has 0 atom stereocenters. The van der Waals surface area contributed by atoms with Crippen LogP contribution in [0.4, 0.5) is 4.39 Å². The fourth-order valence-corrected chi connectivity index (χ4v) is 3.55. The summed E-state index contributed by atoms with van der Waals surface area (Å²) >= 11 is 12.8. The zero-order valence-corrected chi connectivity index (χ0v) is 15.1. The molecule has 6 heteroatoms. The third-order valence-electron chi connectivity index (χ3n) is 2.81. The van der Waals surface area contributed by atoms with Crippen molar-refractivity contribution >= 4 is 43.5 Å². The number of hydrogen-bond acceptors (Lipinski definition) is 2. The lowest BCUT2D eigenvalue weighted by molar-refractivity contribution is 0.302. The second kappa shape index (κ2) is 7.58. The normalized spacial score (nSPS) is 10.7. The number of rotatable bonds is 5. The average molecular weight is 438 g/mol. The Morgan fingerprint density at radius 2 is 1.81 bits per heavy atom. The summed E-state index contributed by atoms with van der Waals surface area (Å²) in [5.41, 5.74) is 1.94. The van der Waals surface area contributed by atoms with Gasteiger partial charge >= 0.3 is 0 Å². The largest absolute Gasteiger partial charge is 0.487 e. The van der Waals surface area contributed by atoms with Crippen LogP contribution in [0.3, 0.4) is 0 Å². The number of nitrogens with one attached hydrogen (secondary N) is 1. The summed E-state index contributed by atoms with van der Waals surface area (Å²) in [5, 5.41) is 3.19. The molecule has 0 fully saturated rings. The van der Waals surface area contributed by atoms with Gasteiger partial charge in [-0.05, 0) is 74.3 Å². The molecule has 0 heterocycles. The fraction of sp³-hybridized carbons (Fsp3) is 0.200. The van der Waals surface area contributed by atoms with Gasteiger partial charge in [-0.2, -0.15) is 0 Å². The standard InChI is InChI=1S/C15H13Br2ClFNO/c1-20-7-10-4-11(16)15(12(17)5-10)21-8-9-2-3-14(19)13(18)6-9/h2-6,20H,7-8H2,1H3. The third kappa shape index (κ3) is 4.42. The molecule has 2 rings (SSSR count). The summed E-state index contributed by atoms with van der Waals surface area (Å²) in [5.74, 6) is 0.273. The molecule has 0 aliphatic rings. The average Bonchev–Trinajstić information content (AvgIpc) is 2.42. The van der Waals surface area contributed by atoms with Crippen LogP contribution in [0.2, 0.25) is 5.02 Å². The summed E-state index contributed by atoms with van der Waals surface area (Å²) < 4.78 is 20.6. The Labute approximate surface area is 144 Å². The molecule has 0 amide bonds. The van der Waals surface area contributed by atoms with Crippen LogP contribution in [-0.4, -0.2) is 7.05 Å². The van der Waals surface area contributed by atoms with Gasteiger partial charge in [-0.3, -0.25) is 0 Å². The molecular formula is C15H13Br2ClFNO. The smallest absolute Gasteiger partial charge is 0.148 e. The van der Waals surface area contributed by atoms with Crippen LogP contribution in [0.1, 0.15) is 11.1 Å². The van der Waals surface area contributed by atoms with Crippen LogP contribution >= 0.6 is 43.5 Å². The van der Waals surface area contributed by atoms with E-state index in [0.29, 0.717) is 12.4 Å². The van der Waals surface area contributed by atoms with Crippen LogP contribution in [0.5, 0.6) is 5.75 Å². The number of hydrogen-bond donors (Lipinski definition) is 1. The molecule has 2 aromatic rings. The van der Waals surface area contributed by atoms with Gasteiger partial charge in [0.05, 0.1) is 14.0 Å². The minimum Gasteiger partial charge on any atom is -0.487 e. The van der Waals surface area contributed by atoms with E-state index in [-0.39, 0.29) is 5.02 Å². The van der Waals surface area contributed by atoms with Crippen LogP contribution in [0, 0.1) is 5.82 Å². The Hall–Kier alpha value is -0.620. The first kappa shape index (κ1) is 16.7. The highest BCUT2D eigenvalue weighted by molar-refractivity contribution is 9.11. The molecule has 0 saturated heterocycles. The van der Waals surface area contributed by atoms with Crippen LogP contribution in [-0.2, 0) is 13.2 Å². The summed E-state index contributed by atoms with van der Waals surface area (Å²) in [7, 11) is 1.89. The number of ether oxygens (including phenoxy) is 1. The highest BCUT2D eigenvalue weighted by atomic mass is 79.9. The van der Waals surface area contributed by atoms with E-state index in [1.54, 1.807) is 12.1 Å². The van der Waals surface area contributed by atoms with E-state index in [1.807, 2.05) is 19.2 Å². The van der Waals surface area contributed by atoms with Crippen molar-refractivity contribution in [3.63, 3.8) is 0 Å². The molecule has 0 radical (unpaired) electrons. The van der Waals surface area contributed by atoms with Crippen LogP contribution in [0.25, 0.3) is 0 Å². The fourth-order valence-electron chi connectivity index (χ4n) is 1.84. The zero-order chi connectivity index (χ0) is 15.4. The van der Waals surface area contributed by atoms with Crippen molar-refractivity contribution in [1.29, 1.82) is 0 Å². The van der Waals surface area contributed by atoms with Gasteiger partial charge in [-0.25, -0.2) is 4.39 Å². The molecule has 0 saturated carbocycles. The topological polar surface area (TPSA) is 21.3 Å². The number of halogens is 4. The van der Waals surface area contributed by atoms with Gasteiger partial charge in [0.1, 0.15) is 18.2 Å². The maximum atomic E-state index is 13.1. The molecule has 21 heavy (non-hydrogen) atoms. The Bertz CT molecular complexity index is 629. The second-order valence-corrected chi connectivity index (χ2v) is 6.57. The first-order chi connectivity index (χ1) is 10.0. The molecule has 0 bridgehead atoms. The van der Waals surface area contributed by atoms with Gasteiger partial charge in [0.15, 0.2) is 0 Å². The van der Waals surface area contributed by atoms with Crippen molar-refractivity contribution in [3.05, 3.63) is 61.2 Å². The Morgan fingerprint density at radius 3 is 2.38 bits per heavy atom. The van der Waals surface area contributed by atoms with E-state index in [2.05, 4.69) is 37.2 Å². The molecule has 2 nitrogen and oxygen atoms in total. The van der Waals surface area contributed by atoms with E-state index < -0.39 is 5.82 Å². The summed E-state index contributed by atoms with van der Waals surface area (Å²) in [6.07, 6.45) is 0. The maximum absolute atomic E-state index is 13.1. The SMILES string of the molecule is CNCc1cc(Br)c(OCc2ccc(F)c(Cl)c2)c(Br)c1. The molecule has 0 unspecified atom stereocenters. The minimum atomic E-state index is -0.431. The van der Waals surface area contributed by atoms with Crippen LogP contribution < -0.4 is 10.1 Å². The van der Waals surface area contributed by atoms with Crippen molar-refractivity contribution in [2.45, 2.75) is 13.2 Å². The zero-order valence-electron chi connectivity index (χ0n) is 11.2. The summed E-state index contributed by atoms with van der Waals surface area (Å²) in [6, 6.07) is 8.54. The molecule has 112 valence electrons. The molecule has 1 N–H and O–H groups in total. The Kier molecular flexibility index (Phi) is 6.05. The predicted octanol–water partition coefficient (Wildman–Crippen LogP) is 5.30. The lowest BCUT2D eigenvalue weighted by atomic mass is 10.2. The van der Waals surface area contributed by atoms with Crippen molar-refractivity contribution in [2.75, 3.05) is 7.05 Å². The first-order valence-corrected chi connectivity index (χ1v) is 8.17. The van der Waals surface area contributed by atoms with Crippen molar-refractivity contribution in [3.8, 4) is 5.75 Å². The van der Waals surface area contributed by atoms with Crippen molar-refractivity contribution < 1.29 is 9.13 Å². The van der Waals surface area contributed by atoms with E-state index in [9.17, 15) is 4.39 Å². The maximum Gasteiger partial charge on any atom is 0.148 e. The molecule has 0 aliphatic carbocycles. The van der Waals surface area contributed by atoms with Gasteiger partial charge in [0.25, 0.3) is 0 Å². The second-order valence-electron chi connectivity index (χ2n) is 4.46.